The Morgan fingerprint density at radius 3 is 2.35 bits per heavy atom. The summed E-state index contributed by atoms with van der Waals surface area (Å²) >= 11 is 0. The first kappa shape index (κ1) is 20.1. The summed E-state index contributed by atoms with van der Waals surface area (Å²) < 4.78 is 5.14. The number of ketones is 1. The molecule has 1 amide bonds. The van der Waals surface area contributed by atoms with Crippen LogP contribution in [0, 0.1) is 11.8 Å². The minimum atomic E-state index is -0.289. The normalized spacial score (nSPS) is 14.9. The number of amides is 1. The van der Waals surface area contributed by atoms with Gasteiger partial charge in [0.1, 0.15) is 0 Å². The topological polar surface area (TPSA) is 72.5 Å². The minimum absolute atomic E-state index is 0.0456. The van der Waals surface area contributed by atoms with Crippen LogP contribution in [0.4, 0.5) is 5.69 Å². The molecular formula is C21H29NO4. The maximum Gasteiger partial charge on any atom is 0.306 e. The summed E-state index contributed by atoms with van der Waals surface area (Å²) in [6.07, 6.45) is 6.62. The van der Waals surface area contributed by atoms with Crippen molar-refractivity contribution >= 4 is 23.3 Å². The van der Waals surface area contributed by atoms with Crippen LogP contribution in [0.15, 0.2) is 24.3 Å². The van der Waals surface area contributed by atoms with E-state index in [1.807, 2.05) is 13.8 Å². The highest BCUT2D eigenvalue weighted by molar-refractivity contribution is 5.98. The van der Waals surface area contributed by atoms with Crippen molar-refractivity contribution < 1.29 is 19.1 Å². The number of anilines is 1. The first-order valence-corrected chi connectivity index (χ1v) is 9.52. The van der Waals surface area contributed by atoms with Gasteiger partial charge in [-0.1, -0.05) is 33.1 Å². The fourth-order valence-corrected chi connectivity index (χ4v) is 3.24. The second kappa shape index (κ2) is 10.1. The lowest BCUT2D eigenvalue weighted by Crippen LogP contribution is -2.18. The van der Waals surface area contributed by atoms with Gasteiger partial charge in [0, 0.05) is 24.1 Å². The monoisotopic (exact) mass is 359 g/mol. The lowest BCUT2D eigenvalue weighted by molar-refractivity contribution is -0.143. The summed E-state index contributed by atoms with van der Waals surface area (Å²) in [5.74, 6) is 0.125. The average Bonchev–Trinajstić information content (AvgIpc) is 2.60. The summed E-state index contributed by atoms with van der Waals surface area (Å²) in [4.78, 5) is 35.8. The fourth-order valence-electron chi connectivity index (χ4n) is 3.24. The number of benzene rings is 1. The molecule has 1 aliphatic rings. The molecule has 0 aliphatic heterocycles. The molecule has 5 heteroatoms. The molecule has 0 spiro atoms. The van der Waals surface area contributed by atoms with Crippen molar-refractivity contribution in [1.29, 1.82) is 0 Å². The van der Waals surface area contributed by atoms with E-state index in [2.05, 4.69) is 5.32 Å². The van der Waals surface area contributed by atoms with E-state index in [0.29, 0.717) is 35.9 Å². The van der Waals surface area contributed by atoms with Gasteiger partial charge in [0.2, 0.25) is 5.91 Å². The summed E-state index contributed by atoms with van der Waals surface area (Å²) in [6, 6.07) is 6.66. The fraction of sp³-hybridized carbons (Fsp3) is 0.571. The lowest BCUT2D eigenvalue weighted by Gasteiger charge is -2.20. The van der Waals surface area contributed by atoms with Gasteiger partial charge in [-0.15, -0.1) is 0 Å². The Hall–Kier alpha value is -2.17. The molecule has 142 valence electrons. The smallest absolute Gasteiger partial charge is 0.306 e. The largest absolute Gasteiger partial charge is 0.457 e. The van der Waals surface area contributed by atoms with Crippen LogP contribution in [0.25, 0.3) is 0 Å². The van der Waals surface area contributed by atoms with Crippen molar-refractivity contribution in [3.63, 3.8) is 0 Å². The molecule has 0 saturated heterocycles. The van der Waals surface area contributed by atoms with Crippen molar-refractivity contribution in [1.82, 2.24) is 0 Å². The van der Waals surface area contributed by atoms with Crippen LogP contribution < -0.4 is 5.32 Å². The molecule has 0 radical (unpaired) electrons. The maximum atomic E-state index is 12.2. The molecule has 26 heavy (non-hydrogen) atoms. The molecule has 1 aromatic carbocycles. The lowest BCUT2D eigenvalue weighted by atomic mass is 9.87. The van der Waals surface area contributed by atoms with Crippen molar-refractivity contribution in [2.24, 2.45) is 11.8 Å². The molecule has 1 saturated carbocycles. The summed E-state index contributed by atoms with van der Waals surface area (Å²) in [5, 5.41) is 2.80. The molecule has 0 bridgehead atoms. The van der Waals surface area contributed by atoms with Crippen LogP contribution in [0.3, 0.4) is 0 Å². The Morgan fingerprint density at radius 1 is 1.08 bits per heavy atom. The summed E-state index contributed by atoms with van der Waals surface area (Å²) in [7, 11) is 0. The molecule has 1 aliphatic carbocycles. The third-order valence-corrected chi connectivity index (χ3v) is 4.63. The number of hydrogen-bond donors (Lipinski definition) is 1. The Morgan fingerprint density at radius 2 is 1.73 bits per heavy atom. The average molecular weight is 359 g/mol. The molecule has 1 fully saturated rings. The van der Waals surface area contributed by atoms with Crippen molar-refractivity contribution in [3.05, 3.63) is 29.8 Å². The highest BCUT2D eigenvalue weighted by atomic mass is 16.5. The number of carbonyl (C=O) groups excluding carboxylic acids is 3. The quantitative estimate of drug-likeness (QED) is 0.553. The van der Waals surface area contributed by atoms with Crippen molar-refractivity contribution in [2.75, 3.05) is 11.9 Å². The third-order valence-electron chi connectivity index (χ3n) is 4.63. The number of esters is 1. The third kappa shape index (κ3) is 6.98. The first-order valence-electron chi connectivity index (χ1n) is 9.52. The molecule has 1 aromatic rings. The zero-order valence-electron chi connectivity index (χ0n) is 15.8. The zero-order chi connectivity index (χ0) is 18.9. The number of nitrogens with one attached hydrogen (secondary N) is 1. The van der Waals surface area contributed by atoms with Crippen LogP contribution in [-0.2, 0) is 14.3 Å². The number of Topliss-reactive ketones (excluding diaryl/α,β-unsaturated/α-hetero) is 1. The zero-order valence-corrected chi connectivity index (χ0v) is 15.8. The van der Waals surface area contributed by atoms with Crippen LogP contribution in [0.1, 0.15) is 69.2 Å². The second-order valence-corrected chi connectivity index (χ2v) is 7.52. The van der Waals surface area contributed by atoms with Gasteiger partial charge in [-0.3, -0.25) is 14.4 Å². The number of hydrogen-bond acceptors (Lipinski definition) is 4. The van der Waals surface area contributed by atoms with E-state index in [9.17, 15) is 14.4 Å². The second-order valence-electron chi connectivity index (χ2n) is 7.52. The Bertz CT molecular complexity index is 615. The van der Waals surface area contributed by atoms with Crippen LogP contribution in [0.5, 0.6) is 0 Å². The highest BCUT2D eigenvalue weighted by Crippen LogP contribution is 2.26. The van der Waals surface area contributed by atoms with Gasteiger partial charge in [-0.05, 0) is 48.9 Å². The Kier molecular flexibility index (Phi) is 7.82. The van der Waals surface area contributed by atoms with E-state index in [-0.39, 0.29) is 24.3 Å². The Balaban J connectivity index is 1.76. The standard InChI is InChI=1S/C21H29NO4/c1-15(2)12-20(24)22-18-10-8-17(9-11-18)19(23)14-26-21(25)13-16-6-4-3-5-7-16/h8-11,15-16H,3-7,12-14H2,1-2H3,(H,22,24). The molecule has 0 aromatic heterocycles. The summed E-state index contributed by atoms with van der Waals surface area (Å²) in [5.41, 5.74) is 1.12. The highest BCUT2D eigenvalue weighted by Gasteiger charge is 2.18. The van der Waals surface area contributed by atoms with E-state index in [1.54, 1.807) is 24.3 Å². The van der Waals surface area contributed by atoms with Crippen LogP contribution in [0.2, 0.25) is 0 Å². The van der Waals surface area contributed by atoms with Gasteiger partial charge in [0.05, 0.1) is 0 Å². The summed E-state index contributed by atoms with van der Waals surface area (Å²) in [6.45, 7) is 3.73. The van der Waals surface area contributed by atoms with E-state index in [1.165, 1.54) is 19.3 Å². The number of ether oxygens (including phenoxy) is 1. The minimum Gasteiger partial charge on any atom is -0.457 e. The predicted molar refractivity (Wildman–Crippen MR) is 101 cm³/mol. The van der Waals surface area contributed by atoms with Gasteiger partial charge in [0.25, 0.3) is 0 Å². The molecule has 0 heterocycles. The SMILES string of the molecule is CC(C)CC(=O)Nc1ccc(C(=O)COC(=O)CC2CCCCC2)cc1. The van der Waals surface area contributed by atoms with Gasteiger partial charge in [0.15, 0.2) is 12.4 Å². The van der Waals surface area contributed by atoms with Gasteiger partial charge in [-0.25, -0.2) is 0 Å². The van der Waals surface area contributed by atoms with Gasteiger partial charge in [-0.2, -0.15) is 0 Å². The van der Waals surface area contributed by atoms with E-state index in [0.717, 1.165) is 12.8 Å². The number of carbonyl (C=O) groups is 3. The van der Waals surface area contributed by atoms with E-state index < -0.39 is 0 Å². The van der Waals surface area contributed by atoms with Crippen molar-refractivity contribution in [2.45, 2.75) is 58.8 Å². The molecule has 0 unspecified atom stereocenters. The van der Waals surface area contributed by atoms with E-state index in [4.69, 9.17) is 4.74 Å². The van der Waals surface area contributed by atoms with E-state index >= 15 is 0 Å². The maximum absolute atomic E-state index is 12.2. The van der Waals surface area contributed by atoms with Crippen LogP contribution >= 0.6 is 0 Å². The van der Waals surface area contributed by atoms with Gasteiger partial charge >= 0.3 is 5.97 Å². The van der Waals surface area contributed by atoms with Gasteiger partial charge < -0.3 is 10.1 Å². The first-order chi connectivity index (χ1) is 12.4. The Labute approximate surface area is 155 Å². The number of rotatable bonds is 8. The van der Waals surface area contributed by atoms with Crippen molar-refractivity contribution in [3.8, 4) is 0 Å². The molecule has 2 rings (SSSR count). The van der Waals surface area contributed by atoms with Crippen LogP contribution in [-0.4, -0.2) is 24.3 Å². The molecule has 1 N–H and O–H groups in total. The molecule has 5 nitrogen and oxygen atoms in total. The molecular weight excluding hydrogens is 330 g/mol. The predicted octanol–water partition coefficient (Wildman–Crippen LogP) is 4.37. The molecule has 0 atom stereocenters.